The molecule has 0 atom stereocenters. The largest absolute Gasteiger partial charge is 0.466 e. The molecule has 0 bridgehead atoms. The van der Waals surface area contributed by atoms with Crippen molar-refractivity contribution in [1.29, 1.82) is 0 Å². The number of carbonyl (C=O) groups excluding carboxylic acids is 2. The summed E-state index contributed by atoms with van der Waals surface area (Å²) in [7, 11) is 0. The fraction of sp³-hybridized carbons (Fsp3) is 0.385. The molecule has 6 heteroatoms. The smallest absolute Gasteiger partial charge is 0.332 e. The average Bonchev–Trinajstić information content (AvgIpc) is 2.36. The zero-order chi connectivity index (χ0) is 14.3. The van der Waals surface area contributed by atoms with E-state index in [1.165, 1.54) is 0 Å². The van der Waals surface area contributed by atoms with Crippen molar-refractivity contribution < 1.29 is 19.1 Å². The van der Waals surface area contributed by atoms with Gasteiger partial charge in [0.05, 0.1) is 13.0 Å². The van der Waals surface area contributed by atoms with Gasteiger partial charge in [0.1, 0.15) is 6.61 Å². The Bertz CT molecular complexity index is 432. The predicted molar refractivity (Wildman–Crippen MR) is 78.2 cm³/mol. The first-order valence-electron chi connectivity index (χ1n) is 5.77. The van der Waals surface area contributed by atoms with Crippen molar-refractivity contribution >= 4 is 37.2 Å². The fourth-order valence-electron chi connectivity index (χ4n) is 1.32. The molecule has 1 aromatic rings. The summed E-state index contributed by atoms with van der Waals surface area (Å²) in [6.45, 7) is 2.05. The van der Waals surface area contributed by atoms with Crippen LogP contribution < -0.4 is 0 Å². The maximum absolute atomic E-state index is 11.8. The Morgan fingerprint density at radius 3 is 2.37 bits per heavy atom. The monoisotopic (exact) mass is 300 g/mol. The topological polar surface area (TPSA) is 52.6 Å². The minimum atomic E-state index is -1.49. The van der Waals surface area contributed by atoms with Gasteiger partial charge in [-0.1, -0.05) is 30.3 Å². The average molecular weight is 300 g/mol. The number of hydrogen-bond acceptors (Lipinski definition) is 6. The quantitative estimate of drug-likeness (QED) is 0.480. The number of carbonyl (C=O) groups is 2. The normalized spacial score (nSPS) is 10.9. The fourth-order valence-corrected chi connectivity index (χ4v) is 1.71. The maximum Gasteiger partial charge on any atom is 0.332 e. The van der Waals surface area contributed by atoms with Crippen LogP contribution in [0.15, 0.2) is 30.3 Å². The van der Waals surface area contributed by atoms with E-state index in [0.717, 1.165) is 5.56 Å². The van der Waals surface area contributed by atoms with E-state index in [9.17, 15) is 9.59 Å². The highest BCUT2D eigenvalue weighted by Gasteiger charge is 2.35. The molecule has 1 rings (SSSR count). The van der Waals surface area contributed by atoms with E-state index in [2.05, 4.69) is 25.3 Å². The van der Waals surface area contributed by atoms with Gasteiger partial charge in [-0.15, -0.1) is 25.3 Å². The van der Waals surface area contributed by atoms with Crippen molar-refractivity contribution in [3.8, 4) is 0 Å². The lowest BCUT2D eigenvalue weighted by molar-refractivity contribution is -0.151. The molecule has 0 aromatic heterocycles. The van der Waals surface area contributed by atoms with Crippen LogP contribution in [0.4, 0.5) is 0 Å². The molecular formula is C13H16O4S2. The van der Waals surface area contributed by atoms with Gasteiger partial charge in [0.2, 0.25) is 0 Å². The molecule has 0 aliphatic heterocycles. The van der Waals surface area contributed by atoms with Gasteiger partial charge in [-0.05, 0) is 12.5 Å². The minimum Gasteiger partial charge on any atom is -0.466 e. The number of ether oxygens (including phenoxy) is 2. The standard InChI is InChI=1S/C13H16O4S2/c1-2-16-11(14)8-13(18,19)12(15)17-9-10-6-4-3-5-7-10/h3-7,18-19H,2,8-9H2,1H3. The SMILES string of the molecule is CCOC(=O)CC(S)(S)C(=O)OCc1ccccc1. The van der Waals surface area contributed by atoms with Crippen LogP contribution in [0.3, 0.4) is 0 Å². The van der Waals surface area contributed by atoms with Crippen LogP contribution in [0.25, 0.3) is 0 Å². The van der Waals surface area contributed by atoms with Crippen LogP contribution in [-0.2, 0) is 25.7 Å². The second-order valence-corrected chi connectivity index (χ2v) is 5.74. The van der Waals surface area contributed by atoms with Crippen molar-refractivity contribution in [3.05, 3.63) is 35.9 Å². The van der Waals surface area contributed by atoms with Gasteiger partial charge in [-0.2, -0.15) is 0 Å². The summed E-state index contributed by atoms with van der Waals surface area (Å²) in [6, 6.07) is 9.22. The Labute approximate surface area is 123 Å². The molecule has 0 spiro atoms. The Hall–Kier alpha value is -1.14. The molecule has 0 radical (unpaired) electrons. The molecule has 0 saturated heterocycles. The van der Waals surface area contributed by atoms with E-state index in [1.54, 1.807) is 6.92 Å². The zero-order valence-electron chi connectivity index (χ0n) is 10.5. The molecule has 0 N–H and O–H groups in total. The second kappa shape index (κ2) is 7.45. The van der Waals surface area contributed by atoms with Gasteiger partial charge in [0.15, 0.2) is 4.08 Å². The Balaban J connectivity index is 2.49. The van der Waals surface area contributed by atoms with E-state index in [-0.39, 0.29) is 19.6 Å². The van der Waals surface area contributed by atoms with Crippen molar-refractivity contribution in [1.82, 2.24) is 0 Å². The van der Waals surface area contributed by atoms with Crippen LogP contribution in [0.1, 0.15) is 18.9 Å². The minimum absolute atomic E-state index is 0.116. The lowest BCUT2D eigenvalue weighted by atomic mass is 10.2. The predicted octanol–water partition coefficient (Wildman–Crippen LogP) is 2.24. The van der Waals surface area contributed by atoms with E-state index < -0.39 is 16.0 Å². The van der Waals surface area contributed by atoms with E-state index in [0.29, 0.717) is 0 Å². The summed E-state index contributed by atoms with van der Waals surface area (Å²) in [5, 5.41) is 0. The molecule has 0 aliphatic carbocycles. The molecule has 104 valence electrons. The van der Waals surface area contributed by atoms with Crippen LogP contribution in [0.2, 0.25) is 0 Å². The molecule has 19 heavy (non-hydrogen) atoms. The second-order valence-electron chi connectivity index (χ2n) is 3.86. The summed E-state index contributed by atoms with van der Waals surface area (Å²) in [5.41, 5.74) is 0.851. The molecule has 0 heterocycles. The molecule has 0 fully saturated rings. The van der Waals surface area contributed by atoms with Crippen LogP contribution >= 0.6 is 25.3 Å². The molecule has 4 nitrogen and oxygen atoms in total. The number of hydrogen-bond donors (Lipinski definition) is 2. The van der Waals surface area contributed by atoms with E-state index >= 15 is 0 Å². The lowest BCUT2D eigenvalue weighted by Gasteiger charge is -2.19. The Morgan fingerprint density at radius 2 is 1.79 bits per heavy atom. The van der Waals surface area contributed by atoms with E-state index in [4.69, 9.17) is 9.47 Å². The molecular weight excluding hydrogens is 284 g/mol. The van der Waals surface area contributed by atoms with Gasteiger partial charge < -0.3 is 9.47 Å². The first kappa shape index (κ1) is 15.9. The van der Waals surface area contributed by atoms with Crippen molar-refractivity contribution in [2.24, 2.45) is 0 Å². The highest BCUT2D eigenvalue weighted by molar-refractivity contribution is 8.02. The van der Waals surface area contributed by atoms with Crippen molar-refractivity contribution in [3.63, 3.8) is 0 Å². The van der Waals surface area contributed by atoms with E-state index in [1.807, 2.05) is 30.3 Å². The molecule has 0 aliphatic rings. The van der Waals surface area contributed by atoms with Gasteiger partial charge >= 0.3 is 11.9 Å². The molecule has 0 amide bonds. The number of rotatable bonds is 6. The van der Waals surface area contributed by atoms with Crippen molar-refractivity contribution in [2.45, 2.75) is 24.0 Å². The van der Waals surface area contributed by atoms with Crippen LogP contribution in [0, 0.1) is 0 Å². The molecule has 0 saturated carbocycles. The third-order valence-corrected chi connectivity index (χ3v) is 2.92. The molecule has 0 unspecified atom stereocenters. The first-order chi connectivity index (χ1) is 8.95. The zero-order valence-corrected chi connectivity index (χ0v) is 12.3. The highest BCUT2D eigenvalue weighted by atomic mass is 32.2. The highest BCUT2D eigenvalue weighted by Crippen LogP contribution is 2.27. The third kappa shape index (κ3) is 5.57. The first-order valence-corrected chi connectivity index (χ1v) is 6.66. The van der Waals surface area contributed by atoms with Crippen molar-refractivity contribution in [2.75, 3.05) is 6.61 Å². The number of thiol groups is 2. The van der Waals surface area contributed by atoms with Crippen LogP contribution in [0.5, 0.6) is 0 Å². The van der Waals surface area contributed by atoms with Gasteiger partial charge in [0.25, 0.3) is 0 Å². The lowest BCUT2D eigenvalue weighted by Crippen LogP contribution is -2.32. The number of esters is 2. The maximum atomic E-state index is 11.8. The van der Waals surface area contributed by atoms with Crippen LogP contribution in [-0.4, -0.2) is 22.6 Å². The summed E-state index contributed by atoms with van der Waals surface area (Å²) in [6.07, 6.45) is -0.249. The van der Waals surface area contributed by atoms with Gasteiger partial charge in [0, 0.05) is 0 Å². The third-order valence-electron chi connectivity index (χ3n) is 2.24. The Morgan fingerprint density at radius 1 is 1.16 bits per heavy atom. The molecule has 1 aromatic carbocycles. The van der Waals surface area contributed by atoms with Gasteiger partial charge in [-0.25, -0.2) is 4.79 Å². The number of benzene rings is 1. The Kier molecular flexibility index (Phi) is 6.24. The summed E-state index contributed by atoms with van der Waals surface area (Å²) >= 11 is 8.10. The summed E-state index contributed by atoms with van der Waals surface area (Å²) in [4.78, 5) is 23.1. The summed E-state index contributed by atoms with van der Waals surface area (Å²) < 4.78 is 8.33. The van der Waals surface area contributed by atoms with Gasteiger partial charge in [-0.3, -0.25) is 4.79 Å². The summed E-state index contributed by atoms with van der Waals surface area (Å²) in [5.74, 6) is -1.21.